The Hall–Kier alpha value is -1.16. The summed E-state index contributed by atoms with van der Waals surface area (Å²) in [6.07, 6.45) is 3.63. The summed E-state index contributed by atoms with van der Waals surface area (Å²) in [5.41, 5.74) is 7.17. The maximum atomic E-state index is 4.63. The summed E-state index contributed by atoms with van der Waals surface area (Å²) in [5.74, 6) is 0. The van der Waals surface area contributed by atoms with Gasteiger partial charge in [-0.25, -0.2) is 11.0 Å². The fourth-order valence-electron chi connectivity index (χ4n) is 0.668. The van der Waals surface area contributed by atoms with E-state index in [1.165, 1.54) is 0 Å². The number of aromatic amines is 1. The summed E-state index contributed by atoms with van der Waals surface area (Å²) in [7, 11) is 0. The Kier molecular flexibility index (Phi) is 0.552. The van der Waals surface area contributed by atoms with E-state index < -0.39 is 0 Å². The van der Waals surface area contributed by atoms with E-state index in [1.807, 2.05) is 12.4 Å². The first-order valence-corrected chi connectivity index (χ1v) is 2.31. The van der Waals surface area contributed by atoms with Crippen LogP contribution in [0.5, 0.6) is 0 Å². The normalized spacial score (nSPS) is 14.5. The molecule has 42 valence electrons. The van der Waals surface area contributed by atoms with Crippen LogP contribution in [-0.2, 0) is 4.94 Å². The van der Waals surface area contributed by atoms with E-state index in [1.54, 1.807) is 0 Å². The SMILES string of the molecule is c1[nH]cc2c1NON2. The van der Waals surface area contributed by atoms with Gasteiger partial charge >= 0.3 is 0 Å². The Morgan fingerprint density at radius 1 is 1.12 bits per heavy atom. The lowest BCUT2D eigenvalue weighted by Crippen LogP contribution is -1.95. The van der Waals surface area contributed by atoms with E-state index in [9.17, 15) is 0 Å². The van der Waals surface area contributed by atoms with Crippen molar-refractivity contribution in [2.45, 2.75) is 0 Å². The molecule has 4 nitrogen and oxygen atoms in total. The first-order valence-electron chi connectivity index (χ1n) is 2.31. The zero-order valence-corrected chi connectivity index (χ0v) is 4.06. The zero-order chi connectivity index (χ0) is 5.40. The van der Waals surface area contributed by atoms with Crippen molar-refractivity contribution >= 4 is 11.4 Å². The molecule has 0 unspecified atom stereocenters. The third-order valence-electron chi connectivity index (χ3n) is 1.07. The molecule has 0 spiro atoms. The number of aromatic nitrogens is 1. The van der Waals surface area contributed by atoms with Crippen molar-refractivity contribution in [1.29, 1.82) is 0 Å². The second-order valence-electron chi connectivity index (χ2n) is 1.59. The van der Waals surface area contributed by atoms with Crippen molar-refractivity contribution < 1.29 is 4.94 Å². The van der Waals surface area contributed by atoms with Gasteiger partial charge in [0.25, 0.3) is 0 Å². The first-order chi connectivity index (χ1) is 3.97. The molecule has 0 saturated carbocycles. The molecular weight excluding hydrogens is 106 g/mol. The second-order valence-corrected chi connectivity index (χ2v) is 1.59. The average molecular weight is 111 g/mol. The molecule has 1 aromatic heterocycles. The van der Waals surface area contributed by atoms with E-state index in [0.717, 1.165) is 11.4 Å². The van der Waals surface area contributed by atoms with Gasteiger partial charge in [-0.15, -0.1) is 0 Å². The molecule has 1 aliphatic heterocycles. The standard InChI is InChI=1S/C4H5N3O/c1-3-4(2-5-1)7-8-6-3/h1-2,5-7H. The lowest BCUT2D eigenvalue weighted by atomic mass is 10.5. The molecule has 0 amide bonds. The zero-order valence-electron chi connectivity index (χ0n) is 4.06. The fourth-order valence-corrected chi connectivity index (χ4v) is 0.668. The van der Waals surface area contributed by atoms with E-state index >= 15 is 0 Å². The smallest absolute Gasteiger partial charge is 0.106 e. The molecule has 0 saturated heterocycles. The number of hydrogen-bond donors (Lipinski definition) is 3. The Bertz CT molecular complexity index is 176. The molecule has 2 heterocycles. The lowest BCUT2D eigenvalue weighted by Gasteiger charge is -1.87. The van der Waals surface area contributed by atoms with Crippen LogP contribution in [0, 0.1) is 0 Å². The molecule has 4 heteroatoms. The highest BCUT2D eigenvalue weighted by molar-refractivity contribution is 5.68. The molecule has 8 heavy (non-hydrogen) atoms. The minimum atomic E-state index is 0.949. The molecular formula is C4H5N3O. The van der Waals surface area contributed by atoms with Gasteiger partial charge in [-0.05, 0) is 0 Å². The highest BCUT2D eigenvalue weighted by atomic mass is 16.8. The predicted molar refractivity (Wildman–Crippen MR) is 29.1 cm³/mol. The van der Waals surface area contributed by atoms with Crippen LogP contribution in [0.2, 0.25) is 0 Å². The monoisotopic (exact) mass is 111 g/mol. The summed E-state index contributed by atoms with van der Waals surface area (Å²) in [6.45, 7) is 0. The molecule has 3 N–H and O–H groups in total. The molecule has 0 aromatic carbocycles. The highest BCUT2D eigenvalue weighted by Gasteiger charge is 2.08. The minimum absolute atomic E-state index is 0.949. The van der Waals surface area contributed by atoms with Crippen molar-refractivity contribution in [2.24, 2.45) is 0 Å². The maximum absolute atomic E-state index is 4.63. The molecule has 0 radical (unpaired) electrons. The third kappa shape index (κ3) is 0.324. The Morgan fingerprint density at radius 3 is 2.38 bits per heavy atom. The number of hydrogen-bond acceptors (Lipinski definition) is 3. The van der Waals surface area contributed by atoms with Crippen LogP contribution in [-0.4, -0.2) is 4.98 Å². The minimum Gasteiger partial charge on any atom is -0.364 e. The van der Waals surface area contributed by atoms with Crippen LogP contribution in [0.4, 0.5) is 11.4 Å². The van der Waals surface area contributed by atoms with Crippen molar-refractivity contribution in [1.82, 2.24) is 4.98 Å². The van der Waals surface area contributed by atoms with Gasteiger partial charge in [0.1, 0.15) is 11.4 Å². The van der Waals surface area contributed by atoms with Gasteiger partial charge in [-0.1, -0.05) is 0 Å². The van der Waals surface area contributed by atoms with Crippen LogP contribution < -0.4 is 11.0 Å². The highest BCUT2D eigenvalue weighted by Crippen LogP contribution is 2.24. The first kappa shape index (κ1) is 3.80. The summed E-state index contributed by atoms with van der Waals surface area (Å²) in [4.78, 5) is 7.53. The van der Waals surface area contributed by atoms with E-state index in [2.05, 4.69) is 20.9 Å². The van der Waals surface area contributed by atoms with Crippen LogP contribution in [0.25, 0.3) is 0 Å². The second kappa shape index (κ2) is 1.16. The number of nitrogens with one attached hydrogen (secondary N) is 3. The van der Waals surface area contributed by atoms with Gasteiger partial charge in [0, 0.05) is 12.4 Å². The van der Waals surface area contributed by atoms with Crippen molar-refractivity contribution in [2.75, 3.05) is 11.0 Å². The van der Waals surface area contributed by atoms with Gasteiger partial charge in [0.15, 0.2) is 0 Å². The largest absolute Gasteiger partial charge is 0.364 e. The topological polar surface area (TPSA) is 49.1 Å². The molecule has 2 rings (SSSR count). The molecule has 0 fully saturated rings. The van der Waals surface area contributed by atoms with E-state index in [-0.39, 0.29) is 0 Å². The van der Waals surface area contributed by atoms with Crippen molar-refractivity contribution in [3.8, 4) is 0 Å². The maximum Gasteiger partial charge on any atom is 0.106 e. The van der Waals surface area contributed by atoms with Crippen LogP contribution in [0.15, 0.2) is 12.4 Å². The fraction of sp³-hybridized carbons (Fsp3) is 0. The summed E-state index contributed by atoms with van der Waals surface area (Å²) in [6, 6.07) is 0. The van der Waals surface area contributed by atoms with Gasteiger partial charge in [-0.2, -0.15) is 4.94 Å². The number of fused-ring (bicyclic) bond motifs is 1. The number of H-pyrrole nitrogens is 1. The van der Waals surface area contributed by atoms with E-state index in [4.69, 9.17) is 0 Å². The lowest BCUT2D eigenvalue weighted by molar-refractivity contribution is 0.281. The molecule has 0 atom stereocenters. The Balaban J connectivity index is 2.54. The van der Waals surface area contributed by atoms with Crippen molar-refractivity contribution in [3.63, 3.8) is 0 Å². The third-order valence-corrected chi connectivity index (χ3v) is 1.07. The summed E-state index contributed by atoms with van der Waals surface area (Å²) < 4.78 is 0. The molecule has 1 aromatic rings. The molecule has 0 bridgehead atoms. The van der Waals surface area contributed by atoms with Crippen molar-refractivity contribution in [3.05, 3.63) is 12.4 Å². The van der Waals surface area contributed by atoms with Gasteiger partial charge in [0.05, 0.1) is 0 Å². The van der Waals surface area contributed by atoms with Gasteiger partial charge < -0.3 is 4.98 Å². The van der Waals surface area contributed by atoms with Gasteiger partial charge in [-0.3, -0.25) is 0 Å². The van der Waals surface area contributed by atoms with Crippen LogP contribution in [0.1, 0.15) is 0 Å². The molecule has 0 aliphatic carbocycles. The van der Waals surface area contributed by atoms with E-state index in [0.29, 0.717) is 0 Å². The average Bonchev–Trinajstić information content (AvgIpc) is 2.15. The van der Waals surface area contributed by atoms with Crippen LogP contribution >= 0.6 is 0 Å². The Labute approximate surface area is 45.8 Å². The quantitative estimate of drug-likeness (QED) is 0.462. The number of anilines is 2. The predicted octanol–water partition coefficient (Wildman–Crippen LogP) is 0.699. The number of rotatable bonds is 0. The summed E-state index contributed by atoms with van der Waals surface area (Å²) in [5, 5.41) is 0. The van der Waals surface area contributed by atoms with Gasteiger partial charge in [0.2, 0.25) is 0 Å². The molecule has 1 aliphatic rings. The van der Waals surface area contributed by atoms with Crippen LogP contribution in [0.3, 0.4) is 0 Å². The summed E-state index contributed by atoms with van der Waals surface area (Å²) >= 11 is 0. The Morgan fingerprint density at radius 2 is 1.75 bits per heavy atom.